The van der Waals surface area contributed by atoms with Crippen molar-refractivity contribution in [1.29, 1.82) is 0 Å². The molecule has 0 bridgehead atoms. The lowest BCUT2D eigenvalue weighted by Gasteiger charge is -2.29. The Labute approximate surface area is 178 Å². The third kappa shape index (κ3) is 3.52. The van der Waals surface area contributed by atoms with Crippen LogP contribution in [0, 0.1) is 5.82 Å². The smallest absolute Gasteiger partial charge is 0.324 e. The van der Waals surface area contributed by atoms with Crippen LogP contribution in [0.2, 0.25) is 0 Å². The highest BCUT2D eigenvalue weighted by Crippen LogP contribution is 2.33. The van der Waals surface area contributed by atoms with Crippen molar-refractivity contribution >= 4 is 35.1 Å². The first-order valence-corrected chi connectivity index (χ1v) is 9.82. The highest BCUT2D eigenvalue weighted by atomic mass is 19.1. The van der Waals surface area contributed by atoms with Crippen molar-refractivity contribution in [3.05, 3.63) is 59.9 Å². The van der Waals surface area contributed by atoms with E-state index in [1.807, 2.05) is 0 Å². The molecule has 2 aliphatic heterocycles. The predicted molar refractivity (Wildman–Crippen MR) is 111 cm³/mol. The minimum absolute atomic E-state index is 0.0772. The molecule has 4 rings (SSSR count). The van der Waals surface area contributed by atoms with Gasteiger partial charge in [0.25, 0.3) is 5.91 Å². The summed E-state index contributed by atoms with van der Waals surface area (Å²) in [7, 11) is 0. The number of urea groups is 1. The van der Waals surface area contributed by atoms with Gasteiger partial charge in [0.15, 0.2) is 0 Å². The first kappa shape index (κ1) is 20.5. The summed E-state index contributed by atoms with van der Waals surface area (Å²) in [5.74, 6) is -1.80. The molecule has 31 heavy (non-hydrogen) atoms. The molecule has 2 heterocycles. The van der Waals surface area contributed by atoms with E-state index in [1.54, 1.807) is 31.2 Å². The number of carbonyl (C=O) groups excluding carboxylic acids is 4. The van der Waals surface area contributed by atoms with E-state index < -0.39 is 41.8 Å². The molecule has 1 fully saturated rings. The number of amides is 5. The monoisotopic (exact) mass is 424 g/mol. The average Bonchev–Trinajstić information content (AvgIpc) is 2.85. The Morgan fingerprint density at radius 3 is 2.52 bits per heavy atom. The average molecular weight is 424 g/mol. The number of fused-ring (bicyclic) bond motifs is 1. The standard InChI is InChI=1S/C22H21FN4O4/c1-13-11-18(28)24-16-5-3-4-6-17(16)27(13)19(29)12-26-20(30)22(2,25-21(26)31)14-7-9-15(23)10-8-14/h3-10,13H,11-12H2,1-2H3,(H,24,28)(H,25,31)/t13-,22+/m0/s1. The van der Waals surface area contributed by atoms with Crippen molar-refractivity contribution < 1.29 is 23.6 Å². The van der Waals surface area contributed by atoms with Gasteiger partial charge in [-0.05, 0) is 43.7 Å². The van der Waals surface area contributed by atoms with Gasteiger partial charge in [-0.3, -0.25) is 19.3 Å². The molecule has 2 atom stereocenters. The Morgan fingerprint density at radius 1 is 1.13 bits per heavy atom. The maximum atomic E-state index is 13.3. The summed E-state index contributed by atoms with van der Waals surface area (Å²) in [6.45, 7) is 2.75. The highest BCUT2D eigenvalue weighted by molar-refractivity contribution is 6.12. The normalized spacial score (nSPS) is 23.2. The second kappa shape index (κ2) is 7.50. The fourth-order valence-corrected chi connectivity index (χ4v) is 4.00. The lowest BCUT2D eigenvalue weighted by atomic mass is 9.92. The van der Waals surface area contributed by atoms with E-state index in [9.17, 15) is 23.6 Å². The summed E-state index contributed by atoms with van der Waals surface area (Å²) < 4.78 is 13.3. The Morgan fingerprint density at radius 2 is 1.81 bits per heavy atom. The number of halogens is 1. The van der Waals surface area contributed by atoms with Gasteiger partial charge >= 0.3 is 6.03 Å². The molecule has 1 saturated heterocycles. The second-order valence-electron chi connectivity index (χ2n) is 7.84. The SMILES string of the molecule is C[C@H]1CC(=O)Nc2ccccc2N1C(=O)CN1C(=O)N[C@](C)(c2ccc(F)cc2)C1=O. The molecule has 0 saturated carbocycles. The predicted octanol–water partition coefficient (Wildman–Crippen LogP) is 2.36. The molecule has 2 aromatic carbocycles. The van der Waals surface area contributed by atoms with Gasteiger partial charge in [0.05, 0.1) is 11.4 Å². The van der Waals surface area contributed by atoms with Gasteiger partial charge < -0.3 is 15.5 Å². The molecule has 8 nitrogen and oxygen atoms in total. The fraction of sp³-hybridized carbons (Fsp3) is 0.273. The third-order valence-corrected chi connectivity index (χ3v) is 5.62. The maximum absolute atomic E-state index is 13.3. The molecule has 2 N–H and O–H groups in total. The number of para-hydroxylation sites is 2. The minimum atomic E-state index is -1.41. The van der Waals surface area contributed by atoms with Crippen molar-refractivity contribution in [3.63, 3.8) is 0 Å². The number of rotatable bonds is 3. The van der Waals surface area contributed by atoms with Gasteiger partial charge in [-0.2, -0.15) is 0 Å². The Hall–Kier alpha value is -3.75. The number of hydrogen-bond donors (Lipinski definition) is 2. The van der Waals surface area contributed by atoms with Crippen LogP contribution in [-0.2, 0) is 19.9 Å². The van der Waals surface area contributed by atoms with Crippen molar-refractivity contribution in [3.8, 4) is 0 Å². The van der Waals surface area contributed by atoms with E-state index in [1.165, 1.54) is 36.1 Å². The number of anilines is 2. The number of carbonyl (C=O) groups is 4. The minimum Gasteiger partial charge on any atom is -0.324 e. The van der Waals surface area contributed by atoms with Crippen LogP contribution in [0.25, 0.3) is 0 Å². The van der Waals surface area contributed by atoms with E-state index in [0.29, 0.717) is 16.9 Å². The van der Waals surface area contributed by atoms with Crippen LogP contribution in [0.1, 0.15) is 25.8 Å². The summed E-state index contributed by atoms with van der Waals surface area (Å²) in [6.07, 6.45) is 0.0772. The van der Waals surface area contributed by atoms with E-state index in [0.717, 1.165) is 4.90 Å². The molecule has 0 unspecified atom stereocenters. The van der Waals surface area contributed by atoms with Crippen LogP contribution >= 0.6 is 0 Å². The van der Waals surface area contributed by atoms with E-state index in [-0.39, 0.29) is 12.3 Å². The molecule has 0 radical (unpaired) electrons. The number of hydrogen-bond acceptors (Lipinski definition) is 4. The molecule has 9 heteroatoms. The fourth-order valence-electron chi connectivity index (χ4n) is 4.00. The number of nitrogens with one attached hydrogen (secondary N) is 2. The summed E-state index contributed by atoms with van der Waals surface area (Å²) in [5.41, 5.74) is -0.0199. The Bertz CT molecular complexity index is 1090. The van der Waals surface area contributed by atoms with Crippen molar-refractivity contribution in [2.45, 2.75) is 31.8 Å². The van der Waals surface area contributed by atoms with Crippen LogP contribution in [0.4, 0.5) is 20.6 Å². The van der Waals surface area contributed by atoms with Crippen LogP contribution in [0.5, 0.6) is 0 Å². The second-order valence-corrected chi connectivity index (χ2v) is 7.84. The lowest BCUT2D eigenvalue weighted by Crippen LogP contribution is -2.47. The molecule has 160 valence electrons. The molecule has 2 aromatic rings. The van der Waals surface area contributed by atoms with Crippen molar-refractivity contribution in [2.75, 3.05) is 16.8 Å². The highest BCUT2D eigenvalue weighted by Gasteiger charge is 2.50. The lowest BCUT2D eigenvalue weighted by molar-refractivity contribution is -0.134. The zero-order chi connectivity index (χ0) is 22.3. The maximum Gasteiger partial charge on any atom is 0.325 e. The Kier molecular flexibility index (Phi) is 4.96. The number of benzene rings is 2. The van der Waals surface area contributed by atoms with Crippen LogP contribution in [0.15, 0.2) is 48.5 Å². The van der Waals surface area contributed by atoms with Crippen molar-refractivity contribution in [1.82, 2.24) is 10.2 Å². The molecule has 5 amide bonds. The largest absolute Gasteiger partial charge is 0.325 e. The molecule has 0 spiro atoms. The van der Waals surface area contributed by atoms with E-state index >= 15 is 0 Å². The third-order valence-electron chi connectivity index (χ3n) is 5.62. The first-order valence-electron chi connectivity index (χ1n) is 9.82. The quantitative estimate of drug-likeness (QED) is 0.739. The summed E-state index contributed by atoms with van der Waals surface area (Å²) >= 11 is 0. The zero-order valence-corrected chi connectivity index (χ0v) is 17.0. The van der Waals surface area contributed by atoms with Gasteiger partial charge in [-0.15, -0.1) is 0 Å². The zero-order valence-electron chi connectivity index (χ0n) is 17.0. The molecule has 0 aliphatic carbocycles. The van der Waals surface area contributed by atoms with Crippen molar-refractivity contribution in [2.24, 2.45) is 0 Å². The summed E-state index contributed by atoms with van der Waals surface area (Å²) in [4.78, 5) is 53.3. The topological polar surface area (TPSA) is 98.8 Å². The first-order chi connectivity index (χ1) is 14.7. The van der Waals surface area contributed by atoms with E-state index in [2.05, 4.69) is 10.6 Å². The molecule has 2 aliphatic rings. The van der Waals surface area contributed by atoms with Gasteiger partial charge in [0.2, 0.25) is 11.8 Å². The van der Waals surface area contributed by atoms with E-state index in [4.69, 9.17) is 0 Å². The molecular formula is C22H21FN4O4. The van der Waals surface area contributed by atoms with Crippen LogP contribution < -0.4 is 15.5 Å². The van der Waals surface area contributed by atoms with Gasteiger partial charge in [0.1, 0.15) is 17.9 Å². The molecule has 0 aromatic heterocycles. The molecular weight excluding hydrogens is 403 g/mol. The van der Waals surface area contributed by atoms with Crippen LogP contribution in [-0.4, -0.2) is 41.2 Å². The van der Waals surface area contributed by atoms with Gasteiger partial charge in [-0.1, -0.05) is 24.3 Å². The van der Waals surface area contributed by atoms with Gasteiger partial charge in [0, 0.05) is 12.5 Å². The Balaban J connectivity index is 1.61. The van der Waals surface area contributed by atoms with Gasteiger partial charge in [-0.25, -0.2) is 9.18 Å². The summed E-state index contributed by atoms with van der Waals surface area (Å²) in [6, 6.07) is 10.9. The number of nitrogens with zero attached hydrogens (tertiary/aromatic N) is 2. The number of imide groups is 1. The summed E-state index contributed by atoms with van der Waals surface area (Å²) in [5, 5.41) is 5.37. The van der Waals surface area contributed by atoms with Crippen LogP contribution in [0.3, 0.4) is 0 Å².